The number of carboxylic acids is 1. The Morgan fingerprint density at radius 2 is 2.15 bits per heavy atom. The summed E-state index contributed by atoms with van der Waals surface area (Å²) in [4.78, 5) is 22.5. The molecule has 112 valence electrons. The Hall–Kier alpha value is -1.78. The van der Waals surface area contributed by atoms with Gasteiger partial charge in [0.1, 0.15) is 5.76 Å². The standard InChI is InChI=1S/C15H23NO4/c1-11(2)8-12(9-15(18)19)10-16-14(17)6-5-13-4-3-7-20-13/h3-4,7,11-12H,5-6,8-10H2,1-2H3,(H,16,17)(H,18,19). The minimum atomic E-state index is -0.819. The van der Waals surface area contributed by atoms with Crippen LogP contribution in [0.15, 0.2) is 22.8 Å². The van der Waals surface area contributed by atoms with Gasteiger partial charge in [0.15, 0.2) is 0 Å². The van der Waals surface area contributed by atoms with Gasteiger partial charge in [0.2, 0.25) is 5.91 Å². The fraction of sp³-hybridized carbons (Fsp3) is 0.600. The van der Waals surface area contributed by atoms with E-state index in [1.54, 1.807) is 12.3 Å². The molecule has 1 aromatic heterocycles. The van der Waals surface area contributed by atoms with E-state index in [9.17, 15) is 9.59 Å². The van der Waals surface area contributed by atoms with Crippen LogP contribution in [0.5, 0.6) is 0 Å². The van der Waals surface area contributed by atoms with E-state index >= 15 is 0 Å². The molecule has 5 nitrogen and oxygen atoms in total. The van der Waals surface area contributed by atoms with Crippen LogP contribution in [-0.4, -0.2) is 23.5 Å². The van der Waals surface area contributed by atoms with Gasteiger partial charge in [-0.3, -0.25) is 9.59 Å². The number of hydrogen-bond donors (Lipinski definition) is 2. The van der Waals surface area contributed by atoms with Gasteiger partial charge in [-0.1, -0.05) is 13.8 Å². The lowest BCUT2D eigenvalue weighted by molar-refractivity contribution is -0.138. The molecular weight excluding hydrogens is 258 g/mol. The summed E-state index contributed by atoms with van der Waals surface area (Å²) in [6, 6.07) is 3.62. The third-order valence-corrected chi connectivity index (χ3v) is 3.03. The fourth-order valence-electron chi connectivity index (χ4n) is 2.19. The van der Waals surface area contributed by atoms with E-state index in [0.29, 0.717) is 25.3 Å². The molecule has 0 saturated heterocycles. The van der Waals surface area contributed by atoms with Crippen molar-refractivity contribution in [1.29, 1.82) is 0 Å². The summed E-state index contributed by atoms with van der Waals surface area (Å²) in [6.45, 7) is 4.52. The maximum absolute atomic E-state index is 11.7. The summed E-state index contributed by atoms with van der Waals surface area (Å²) in [5.74, 6) is 0.296. The molecule has 0 fully saturated rings. The molecule has 0 aliphatic rings. The molecule has 1 atom stereocenters. The number of carbonyl (C=O) groups is 2. The van der Waals surface area contributed by atoms with Crippen molar-refractivity contribution in [2.24, 2.45) is 11.8 Å². The Balaban J connectivity index is 2.30. The van der Waals surface area contributed by atoms with Crippen LogP contribution in [0.3, 0.4) is 0 Å². The highest BCUT2D eigenvalue weighted by molar-refractivity contribution is 5.76. The average molecular weight is 281 g/mol. The monoisotopic (exact) mass is 281 g/mol. The highest BCUT2D eigenvalue weighted by Crippen LogP contribution is 2.14. The molecule has 1 heterocycles. The maximum atomic E-state index is 11.7. The molecule has 0 aromatic carbocycles. The van der Waals surface area contributed by atoms with E-state index in [2.05, 4.69) is 5.32 Å². The second-order valence-electron chi connectivity index (χ2n) is 5.48. The zero-order valence-corrected chi connectivity index (χ0v) is 12.1. The number of carboxylic acid groups (broad SMARTS) is 1. The van der Waals surface area contributed by atoms with Crippen LogP contribution >= 0.6 is 0 Å². The van der Waals surface area contributed by atoms with Gasteiger partial charge >= 0.3 is 5.97 Å². The fourth-order valence-corrected chi connectivity index (χ4v) is 2.19. The Morgan fingerprint density at radius 1 is 1.40 bits per heavy atom. The number of furan rings is 1. The van der Waals surface area contributed by atoms with E-state index in [-0.39, 0.29) is 18.2 Å². The topological polar surface area (TPSA) is 79.5 Å². The Morgan fingerprint density at radius 3 is 2.70 bits per heavy atom. The first-order valence-electron chi connectivity index (χ1n) is 6.98. The van der Waals surface area contributed by atoms with Crippen LogP contribution in [-0.2, 0) is 16.0 Å². The minimum Gasteiger partial charge on any atom is -0.481 e. The maximum Gasteiger partial charge on any atom is 0.303 e. The SMILES string of the molecule is CC(C)CC(CNC(=O)CCc1ccco1)CC(=O)O. The lowest BCUT2D eigenvalue weighted by Crippen LogP contribution is -2.31. The molecule has 0 spiro atoms. The molecule has 0 aliphatic heterocycles. The molecule has 20 heavy (non-hydrogen) atoms. The molecule has 0 radical (unpaired) electrons. The molecule has 2 N–H and O–H groups in total. The molecular formula is C15H23NO4. The minimum absolute atomic E-state index is 0.0138. The summed E-state index contributed by atoms with van der Waals surface area (Å²) in [7, 11) is 0. The summed E-state index contributed by atoms with van der Waals surface area (Å²) < 4.78 is 5.16. The number of rotatable bonds is 9. The van der Waals surface area contributed by atoms with E-state index in [0.717, 1.165) is 12.2 Å². The van der Waals surface area contributed by atoms with Crippen LogP contribution in [0.2, 0.25) is 0 Å². The van der Waals surface area contributed by atoms with Gasteiger partial charge in [0.25, 0.3) is 0 Å². The Kier molecular flexibility index (Phi) is 6.84. The van der Waals surface area contributed by atoms with Gasteiger partial charge in [0.05, 0.1) is 6.26 Å². The number of hydrogen-bond acceptors (Lipinski definition) is 3. The molecule has 1 unspecified atom stereocenters. The molecule has 0 aliphatic carbocycles. The summed E-state index contributed by atoms with van der Waals surface area (Å²) in [5, 5.41) is 11.7. The van der Waals surface area contributed by atoms with Crippen LogP contribution in [0.1, 0.15) is 38.9 Å². The zero-order chi connectivity index (χ0) is 15.0. The third kappa shape index (κ3) is 6.97. The van der Waals surface area contributed by atoms with Crippen LogP contribution in [0, 0.1) is 11.8 Å². The molecule has 0 saturated carbocycles. The molecule has 1 rings (SSSR count). The van der Waals surface area contributed by atoms with E-state index < -0.39 is 5.97 Å². The first-order chi connectivity index (χ1) is 9.47. The number of aryl methyl sites for hydroxylation is 1. The zero-order valence-electron chi connectivity index (χ0n) is 12.1. The lowest BCUT2D eigenvalue weighted by Gasteiger charge is -2.17. The van der Waals surface area contributed by atoms with Crippen molar-refractivity contribution in [1.82, 2.24) is 5.32 Å². The second kappa shape index (κ2) is 8.40. The van der Waals surface area contributed by atoms with E-state index in [1.165, 1.54) is 0 Å². The summed E-state index contributed by atoms with van der Waals surface area (Å²) in [5.41, 5.74) is 0. The summed E-state index contributed by atoms with van der Waals surface area (Å²) in [6.07, 6.45) is 3.39. The highest BCUT2D eigenvalue weighted by Gasteiger charge is 2.16. The number of aliphatic carboxylic acids is 1. The van der Waals surface area contributed by atoms with Gasteiger partial charge in [-0.15, -0.1) is 0 Å². The van der Waals surface area contributed by atoms with Crippen molar-refractivity contribution in [2.45, 2.75) is 39.5 Å². The predicted molar refractivity (Wildman–Crippen MR) is 75.2 cm³/mol. The van der Waals surface area contributed by atoms with Gasteiger partial charge in [0, 0.05) is 25.8 Å². The lowest BCUT2D eigenvalue weighted by atomic mass is 9.94. The van der Waals surface area contributed by atoms with Crippen molar-refractivity contribution in [3.63, 3.8) is 0 Å². The first kappa shape index (κ1) is 16.3. The van der Waals surface area contributed by atoms with Crippen molar-refractivity contribution < 1.29 is 19.1 Å². The number of nitrogens with one attached hydrogen (secondary N) is 1. The van der Waals surface area contributed by atoms with Crippen LogP contribution in [0.4, 0.5) is 0 Å². The van der Waals surface area contributed by atoms with Crippen molar-refractivity contribution >= 4 is 11.9 Å². The van der Waals surface area contributed by atoms with Crippen molar-refractivity contribution in [3.8, 4) is 0 Å². The summed E-state index contributed by atoms with van der Waals surface area (Å²) >= 11 is 0. The van der Waals surface area contributed by atoms with Crippen LogP contribution < -0.4 is 5.32 Å². The largest absolute Gasteiger partial charge is 0.481 e. The predicted octanol–water partition coefficient (Wildman–Crippen LogP) is 2.47. The van der Waals surface area contributed by atoms with Crippen molar-refractivity contribution in [3.05, 3.63) is 24.2 Å². The smallest absolute Gasteiger partial charge is 0.303 e. The molecule has 1 amide bonds. The normalized spacial score (nSPS) is 12.3. The molecule has 0 bridgehead atoms. The van der Waals surface area contributed by atoms with Gasteiger partial charge < -0.3 is 14.8 Å². The molecule has 5 heteroatoms. The quantitative estimate of drug-likeness (QED) is 0.728. The Bertz CT molecular complexity index is 412. The van der Waals surface area contributed by atoms with E-state index in [4.69, 9.17) is 9.52 Å². The molecule has 1 aromatic rings. The first-order valence-corrected chi connectivity index (χ1v) is 6.98. The van der Waals surface area contributed by atoms with Gasteiger partial charge in [-0.05, 0) is 30.4 Å². The number of amides is 1. The van der Waals surface area contributed by atoms with Gasteiger partial charge in [-0.2, -0.15) is 0 Å². The third-order valence-electron chi connectivity index (χ3n) is 3.03. The highest BCUT2D eigenvalue weighted by atomic mass is 16.4. The number of carbonyl (C=O) groups excluding carboxylic acids is 1. The van der Waals surface area contributed by atoms with Gasteiger partial charge in [-0.25, -0.2) is 0 Å². The van der Waals surface area contributed by atoms with Crippen molar-refractivity contribution in [2.75, 3.05) is 6.54 Å². The second-order valence-corrected chi connectivity index (χ2v) is 5.48. The Labute approximate surface area is 119 Å². The average Bonchev–Trinajstić information content (AvgIpc) is 2.85. The van der Waals surface area contributed by atoms with E-state index in [1.807, 2.05) is 19.9 Å². The van der Waals surface area contributed by atoms with Crippen LogP contribution in [0.25, 0.3) is 0 Å².